The van der Waals surface area contributed by atoms with Crippen LogP contribution in [-0.4, -0.2) is 67.1 Å². The zero-order valence-corrected chi connectivity index (χ0v) is 19.9. The summed E-state index contributed by atoms with van der Waals surface area (Å²) >= 11 is 13.3. The van der Waals surface area contributed by atoms with Gasteiger partial charge in [0.15, 0.2) is 10.8 Å². The Bertz CT molecular complexity index is 1030. The third kappa shape index (κ3) is 5.16. The lowest BCUT2D eigenvalue weighted by Crippen LogP contribution is -2.52. The third-order valence-electron chi connectivity index (χ3n) is 4.80. The van der Waals surface area contributed by atoms with E-state index in [9.17, 15) is 14.0 Å². The van der Waals surface area contributed by atoms with E-state index in [0.29, 0.717) is 28.7 Å². The fourth-order valence-electron chi connectivity index (χ4n) is 3.20. The van der Waals surface area contributed by atoms with Crippen molar-refractivity contribution in [1.82, 2.24) is 15.3 Å². The number of aromatic amines is 1. The number of rotatable bonds is 7. The second-order valence-corrected chi connectivity index (χ2v) is 8.70. The number of hydrogen-bond acceptors (Lipinski definition) is 8. The van der Waals surface area contributed by atoms with Crippen LogP contribution < -0.4 is 10.2 Å². The smallest absolute Gasteiger partial charge is 0.358 e. The zero-order chi connectivity index (χ0) is 23.4. The molecule has 0 spiro atoms. The fraction of sp³-hybridized carbons (Fsp3) is 0.474. The normalized spacial score (nSPS) is 18.8. The Morgan fingerprint density at radius 3 is 2.78 bits per heavy atom. The maximum atomic E-state index is 14.9. The number of piperidine rings is 1. The fourth-order valence-corrected chi connectivity index (χ4v) is 4.57. The maximum Gasteiger partial charge on any atom is 0.358 e. The minimum absolute atomic E-state index is 0.0141. The minimum atomic E-state index is -1.37. The molecule has 0 bridgehead atoms. The van der Waals surface area contributed by atoms with Gasteiger partial charge in [0.2, 0.25) is 0 Å². The number of carbonyl (C=O) groups is 2. The number of halogens is 3. The zero-order valence-electron chi connectivity index (χ0n) is 17.6. The van der Waals surface area contributed by atoms with E-state index in [2.05, 4.69) is 25.3 Å². The van der Waals surface area contributed by atoms with E-state index in [1.54, 1.807) is 18.7 Å². The van der Waals surface area contributed by atoms with Crippen molar-refractivity contribution in [3.05, 3.63) is 32.0 Å². The monoisotopic (exact) mass is 505 g/mol. The SMILES string of the molecule is CCOC(=O)c1nc(N2CC[C@@H](NC(=O)c3[nH]c(C)c(Cl)c3Cl)[C@@H](F)C2)sc1/C=N/OC. The highest BCUT2D eigenvalue weighted by Gasteiger charge is 2.33. The summed E-state index contributed by atoms with van der Waals surface area (Å²) in [5, 5.41) is 7.17. The Kier molecular flexibility index (Phi) is 7.96. The van der Waals surface area contributed by atoms with Gasteiger partial charge in [-0.1, -0.05) is 39.7 Å². The van der Waals surface area contributed by atoms with Crippen LogP contribution in [0.4, 0.5) is 9.52 Å². The Morgan fingerprint density at radius 2 is 2.19 bits per heavy atom. The van der Waals surface area contributed by atoms with Crippen LogP contribution in [0.5, 0.6) is 0 Å². The molecule has 3 rings (SSSR count). The summed E-state index contributed by atoms with van der Waals surface area (Å²) in [5.74, 6) is -1.12. The molecule has 0 aliphatic carbocycles. The quantitative estimate of drug-likeness (QED) is 0.338. The number of oxime groups is 1. The second kappa shape index (κ2) is 10.5. The topological polar surface area (TPSA) is 109 Å². The maximum absolute atomic E-state index is 14.9. The summed E-state index contributed by atoms with van der Waals surface area (Å²) < 4.78 is 20.0. The standard InChI is InChI=1S/C19H22Cl2FN5O4S/c1-4-31-18(29)15-12(7-23-30-3)32-19(26-15)27-6-5-11(10(22)8-27)25-17(28)16-14(21)13(20)9(2)24-16/h7,10-11,24H,4-6,8H2,1-3H3,(H,25,28)/b23-7+/t10-,11+/m0/s1. The van der Waals surface area contributed by atoms with E-state index < -0.39 is 24.1 Å². The van der Waals surface area contributed by atoms with Crippen molar-refractivity contribution in [3.8, 4) is 0 Å². The summed E-state index contributed by atoms with van der Waals surface area (Å²) in [6.45, 7) is 3.97. The van der Waals surface area contributed by atoms with Gasteiger partial charge in [0.1, 0.15) is 19.0 Å². The number of aryl methyl sites for hydroxylation is 1. The number of alkyl halides is 1. The van der Waals surface area contributed by atoms with Crippen LogP contribution in [0.1, 0.15) is 44.9 Å². The van der Waals surface area contributed by atoms with Crippen LogP contribution in [0.2, 0.25) is 10.0 Å². The largest absolute Gasteiger partial charge is 0.461 e. The van der Waals surface area contributed by atoms with Gasteiger partial charge in [-0.15, -0.1) is 0 Å². The Hall–Kier alpha value is -2.37. The molecule has 2 atom stereocenters. The Morgan fingerprint density at radius 1 is 1.44 bits per heavy atom. The molecule has 32 heavy (non-hydrogen) atoms. The first-order valence-electron chi connectivity index (χ1n) is 9.74. The number of carbonyl (C=O) groups excluding carboxylic acids is 2. The van der Waals surface area contributed by atoms with Crippen molar-refractivity contribution in [2.24, 2.45) is 5.16 Å². The molecule has 1 fully saturated rings. The molecule has 1 amide bonds. The number of esters is 1. The van der Waals surface area contributed by atoms with E-state index in [1.165, 1.54) is 24.7 Å². The van der Waals surface area contributed by atoms with Crippen LogP contribution in [0.3, 0.4) is 0 Å². The molecule has 0 unspecified atom stereocenters. The summed E-state index contributed by atoms with van der Waals surface area (Å²) in [4.78, 5) is 38.7. The highest BCUT2D eigenvalue weighted by molar-refractivity contribution is 7.17. The van der Waals surface area contributed by atoms with Crippen LogP contribution in [0.25, 0.3) is 0 Å². The number of anilines is 1. The van der Waals surface area contributed by atoms with Gasteiger partial charge in [-0.05, 0) is 20.3 Å². The van der Waals surface area contributed by atoms with E-state index in [4.69, 9.17) is 27.9 Å². The molecule has 1 aliphatic rings. The first kappa shape index (κ1) is 24.3. The lowest BCUT2D eigenvalue weighted by atomic mass is 10.0. The Labute approximate surface area is 197 Å². The number of ether oxygens (including phenoxy) is 1. The average Bonchev–Trinajstić information content (AvgIpc) is 3.30. The minimum Gasteiger partial charge on any atom is -0.461 e. The van der Waals surface area contributed by atoms with Crippen molar-refractivity contribution in [2.75, 3.05) is 31.7 Å². The van der Waals surface area contributed by atoms with E-state index in [0.717, 1.165) is 0 Å². The van der Waals surface area contributed by atoms with Gasteiger partial charge < -0.3 is 24.8 Å². The molecule has 2 N–H and O–H groups in total. The summed E-state index contributed by atoms with van der Waals surface area (Å²) in [5.41, 5.74) is 0.749. The number of amides is 1. The first-order chi connectivity index (χ1) is 15.3. The van der Waals surface area contributed by atoms with E-state index in [1.807, 2.05) is 0 Å². The summed E-state index contributed by atoms with van der Waals surface area (Å²) in [7, 11) is 1.38. The molecule has 2 aromatic heterocycles. The molecule has 13 heteroatoms. The first-order valence-corrected chi connectivity index (χ1v) is 11.3. The van der Waals surface area contributed by atoms with Crippen molar-refractivity contribution in [1.29, 1.82) is 0 Å². The van der Waals surface area contributed by atoms with Gasteiger partial charge >= 0.3 is 5.97 Å². The van der Waals surface area contributed by atoms with Crippen LogP contribution >= 0.6 is 34.5 Å². The number of hydrogen-bond donors (Lipinski definition) is 2. The number of nitrogens with zero attached hydrogens (tertiary/aromatic N) is 3. The number of H-pyrrole nitrogens is 1. The number of aromatic nitrogens is 2. The van der Waals surface area contributed by atoms with Crippen molar-refractivity contribution in [2.45, 2.75) is 32.5 Å². The lowest BCUT2D eigenvalue weighted by Gasteiger charge is -2.34. The van der Waals surface area contributed by atoms with Crippen molar-refractivity contribution >= 4 is 57.8 Å². The highest BCUT2D eigenvalue weighted by atomic mass is 35.5. The van der Waals surface area contributed by atoms with E-state index >= 15 is 0 Å². The van der Waals surface area contributed by atoms with Gasteiger partial charge in [0.25, 0.3) is 5.91 Å². The molecule has 0 aromatic carbocycles. The number of thiazole rings is 1. The van der Waals surface area contributed by atoms with Gasteiger partial charge in [0.05, 0.1) is 40.3 Å². The molecular formula is C19H22Cl2FN5O4S. The lowest BCUT2D eigenvalue weighted by molar-refractivity contribution is 0.0520. The molecule has 0 radical (unpaired) electrons. The van der Waals surface area contributed by atoms with Crippen LogP contribution in [0, 0.1) is 6.92 Å². The average molecular weight is 506 g/mol. The predicted molar refractivity (Wildman–Crippen MR) is 121 cm³/mol. The molecular weight excluding hydrogens is 484 g/mol. The molecule has 1 aliphatic heterocycles. The van der Waals surface area contributed by atoms with E-state index in [-0.39, 0.29) is 34.6 Å². The van der Waals surface area contributed by atoms with Gasteiger partial charge in [-0.2, -0.15) is 0 Å². The van der Waals surface area contributed by atoms with Gasteiger partial charge in [-0.3, -0.25) is 4.79 Å². The summed E-state index contributed by atoms with van der Waals surface area (Å²) in [6, 6.07) is -0.712. The second-order valence-electron chi connectivity index (χ2n) is 6.93. The molecule has 0 saturated carbocycles. The Balaban J connectivity index is 1.70. The predicted octanol–water partition coefficient (Wildman–Crippen LogP) is 3.59. The van der Waals surface area contributed by atoms with Crippen LogP contribution in [0.15, 0.2) is 5.16 Å². The third-order valence-corrected chi connectivity index (χ3v) is 6.79. The van der Waals surface area contributed by atoms with Gasteiger partial charge in [0, 0.05) is 12.2 Å². The molecule has 9 nitrogen and oxygen atoms in total. The van der Waals surface area contributed by atoms with Crippen LogP contribution in [-0.2, 0) is 9.57 Å². The summed E-state index contributed by atoms with van der Waals surface area (Å²) in [6.07, 6.45) is 0.318. The van der Waals surface area contributed by atoms with Crippen molar-refractivity contribution < 1.29 is 23.6 Å². The molecule has 2 aromatic rings. The molecule has 1 saturated heterocycles. The van der Waals surface area contributed by atoms with Crippen molar-refractivity contribution in [3.63, 3.8) is 0 Å². The molecule has 174 valence electrons. The molecule has 3 heterocycles. The highest BCUT2D eigenvalue weighted by Crippen LogP contribution is 2.31. The van der Waals surface area contributed by atoms with Gasteiger partial charge in [-0.25, -0.2) is 14.2 Å². The number of nitrogens with one attached hydrogen (secondary N) is 2.